The molecule has 0 spiro atoms. The molecule has 2 fully saturated rings. The number of aliphatic hydroxyl groups is 1. The van der Waals surface area contributed by atoms with Crippen LogP contribution in [0.15, 0.2) is 66.9 Å². The lowest BCUT2D eigenvalue weighted by Crippen LogP contribution is -2.59. The van der Waals surface area contributed by atoms with E-state index in [-0.39, 0.29) is 24.1 Å². The standard InChI is InChI=1S/C29H30N2O4/c1-34-26-14-7-15-30-27(26)29(33)16-19-8-6-9-20(17-29)31(19)28(32)35-18-25-23-12-4-2-10-21(23)22-11-3-5-13-24(22)25/h2-5,7,10-15,19-20,25,33H,6,8-9,16-18H2,1H3. The third kappa shape index (κ3) is 3.67. The fraction of sp³-hybridized carbons (Fsp3) is 0.379. The van der Waals surface area contributed by atoms with Crippen molar-refractivity contribution in [1.82, 2.24) is 9.88 Å². The Morgan fingerprint density at radius 1 is 1.00 bits per heavy atom. The van der Waals surface area contributed by atoms with Crippen LogP contribution in [0.2, 0.25) is 0 Å². The molecule has 1 aromatic heterocycles. The van der Waals surface area contributed by atoms with Gasteiger partial charge in [-0.15, -0.1) is 0 Å². The molecular formula is C29H30N2O4. The lowest BCUT2D eigenvalue weighted by molar-refractivity contribution is -0.0921. The molecule has 6 nitrogen and oxygen atoms in total. The predicted molar refractivity (Wildman–Crippen MR) is 132 cm³/mol. The van der Waals surface area contributed by atoms with Crippen molar-refractivity contribution < 1.29 is 19.4 Å². The van der Waals surface area contributed by atoms with Crippen molar-refractivity contribution in [3.63, 3.8) is 0 Å². The first-order valence-electron chi connectivity index (χ1n) is 12.4. The molecular weight excluding hydrogens is 440 g/mol. The van der Waals surface area contributed by atoms with Gasteiger partial charge in [-0.3, -0.25) is 4.98 Å². The summed E-state index contributed by atoms with van der Waals surface area (Å²) < 4.78 is 11.5. The number of nitrogens with zero attached hydrogens (tertiary/aromatic N) is 2. The molecule has 2 aliphatic heterocycles. The molecule has 2 unspecified atom stereocenters. The molecule has 0 radical (unpaired) electrons. The number of benzene rings is 2. The molecule has 2 saturated heterocycles. The van der Waals surface area contributed by atoms with Crippen LogP contribution in [-0.2, 0) is 10.3 Å². The van der Waals surface area contributed by atoms with Crippen molar-refractivity contribution in [3.05, 3.63) is 83.7 Å². The number of ether oxygens (including phenoxy) is 2. The highest BCUT2D eigenvalue weighted by Crippen LogP contribution is 2.47. The Balaban J connectivity index is 1.21. The summed E-state index contributed by atoms with van der Waals surface area (Å²) in [5, 5.41) is 11.7. The van der Waals surface area contributed by atoms with E-state index in [2.05, 4.69) is 41.4 Å². The van der Waals surface area contributed by atoms with Crippen LogP contribution in [0.3, 0.4) is 0 Å². The van der Waals surface area contributed by atoms with Gasteiger partial charge in [0.2, 0.25) is 0 Å². The van der Waals surface area contributed by atoms with Gasteiger partial charge in [-0.25, -0.2) is 4.79 Å². The first kappa shape index (κ1) is 22.1. The molecule has 2 aromatic carbocycles. The van der Waals surface area contributed by atoms with Crippen LogP contribution in [0.4, 0.5) is 4.79 Å². The Morgan fingerprint density at radius 2 is 1.63 bits per heavy atom. The second kappa shape index (κ2) is 8.68. The molecule has 3 heterocycles. The number of methoxy groups -OCH3 is 1. The minimum absolute atomic E-state index is 0.0330. The highest BCUT2D eigenvalue weighted by atomic mass is 16.6. The summed E-state index contributed by atoms with van der Waals surface area (Å²) in [5.41, 5.74) is 4.28. The van der Waals surface area contributed by atoms with Crippen molar-refractivity contribution in [3.8, 4) is 16.9 Å². The van der Waals surface area contributed by atoms with Gasteiger partial charge in [-0.2, -0.15) is 0 Å². The Morgan fingerprint density at radius 3 is 2.26 bits per heavy atom. The molecule has 1 amide bonds. The number of aromatic nitrogens is 1. The van der Waals surface area contributed by atoms with Gasteiger partial charge in [0, 0.05) is 37.0 Å². The van der Waals surface area contributed by atoms with Crippen LogP contribution in [0.1, 0.15) is 54.8 Å². The molecule has 1 aliphatic carbocycles. The fourth-order valence-corrected chi connectivity index (χ4v) is 6.49. The second-order valence-electron chi connectivity index (χ2n) is 9.94. The SMILES string of the molecule is COc1cccnc1C1(O)CC2CCCC(C1)N2C(=O)OCC1c2ccccc2-c2ccccc21. The van der Waals surface area contributed by atoms with E-state index in [1.54, 1.807) is 19.4 Å². The van der Waals surface area contributed by atoms with Gasteiger partial charge in [-0.1, -0.05) is 48.5 Å². The summed E-state index contributed by atoms with van der Waals surface area (Å²) in [6, 6.07) is 20.2. The van der Waals surface area contributed by atoms with E-state index in [1.807, 2.05) is 23.1 Å². The van der Waals surface area contributed by atoms with Crippen molar-refractivity contribution >= 4 is 6.09 Å². The molecule has 35 heavy (non-hydrogen) atoms. The van der Waals surface area contributed by atoms with E-state index in [1.165, 1.54) is 22.3 Å². The minimum Gasteiger partial charge on any atom is -0.495 e. The summed E-state index contributed by atoms with van der Waals surface area (Å²) in [7, 11) is 1.59. The average molecular weight is 471 g/mol. The smallest absolute Gasteiger partial charge is 0.410 e. The highest BCUT2D eigenvalue weighted by Gasteiger charge is 2.50. The monoisotopic (exact) mass is 470 g/mol. The number of fused-ring (bicyclic) bond motifs is 5. The molecule has 2 bridgehead atoms. The number of carbonyl (C=O) groups excluding carboxylic acids is 1. The van der Waals surface area contributed by atoms with Gasteiger partial charge in [0.05, 0.1) is 7.11 Å². The van der Waals surface area contributed by atoms with Crippen LogP contribution >= 0.6 is 0 Å². The fourth-order valence-electron chi connectivity index (χ4n) is 6.49. The Kier molecular flexibility index (Phi) is 5.49. The number of hydrogen-bond donors (Lipinski definition) is 1. The zero-order valence-electron chi connectivity index (χ0n) is 19.9. The second-order valence-corrected chi connectivity index (χ2v) is 9.94. The molecule has 2 atom stereocenters. The van der Waals surface area contributed by atoms with Crippen LogP contribution < -0.4 is 4.74 Å². The van der Waals surface area contributed by atoms with Gasteiger partial charge < -0.3 is 19.5 Å². The molecule has 6 heteroatoms. The third-order valence-electron chi connectivity index (χ3n) is 7.99. The predicted octanol–water partition coefficient (Wildman–Crippen LogP) is 5.24. The maximum Gasteiger partial charge on any atom is 0.410 e. The van der Waals surface area contributed by atoms with Crippen LogP contribution in [0.25, 0.3) is 11.1 Å². The van der Waals surface area contributed by atoms with Crippen LogP contribution in [0.5, 0.6) is 5.75 Å². The zero-order chi connectivity index (χ0) is 24.0. The molecule has 3 aliphatic rings. The number of piperidine rings is 2. The number of pyridine rings is 1. The van der Waals surface area contributed by atoms with E-state index in [9.17, 15) is 9.90 Å². The topological polar surface area (TPSA) is 71.9 Å². The van der Waals surface area contributed by atoms with Crippen molar-refractivity contribution in [2.24, 2.45) is 0 Å². The summed E-state index contributed by atoms with van der Waals surface area (Å²) >= 11 is 0. The molecule has 1 N–H and O–H groups in total. The zero-order valence-corrected chi connectivity index (χ0v) is 19.9. The number of hydrogen-bond acceptors (Lipinski definition) is 5. The lowest BCUT2D eigenvalue weighted by Gasteiger charge is -2.51. The normalized spacial score (nSPS) is 25.0. The summed E-state index contributed by atoms with van der Waals surface area (Å²) in [6.45, 7) is 0.307. The highest BCUT2D eigenvalue weighted by molar-refractivity contribution is 5.79. The largest absolute Gasteiger partial charge is 0.495 e. The third-order valence-corrected chi connectivity index (χ3v) is 7.99. The first-order chi connectivity index (χ1) is 17.1. The average Bonchev–Trinajstić information content (AvgIpc) is 3.20. The van der Waals surface area contributed by atoms with Crippen molar-refractivity contribution in [1.29, 1.82) is 0 Å². The van der Waals surface area contributed by atoms with E-state index >= 15 is 0 Å². The van der Waals surface area contributed by atoms with Gasteiger partial charge in [0.15, 0.2) is 0 Å². The molecule has 6 rings (SSSR count). The van der Waals surface area contributed by atoms with E-state index < -0.39 is 5.60 Å². The maximum absolute atomic E-state index is 13.4. The quantitative estimate of drug-likeness (QED) is 0.564. The summed E-state index contributed by atoms with van der Waals surface area (Å²) in [4.78, 5) is 19.8. The van der Waals surface area contributed by atoms with Gasteiger partial charge in [-0.05, 0) is 53.6 Å². The minimum atomic E-state index is -1.12. The van der Waals surface area contributed by atoms with E-state index in [0.717, 1.165) is 19.3 Å². The van der Waals surface area contributed by atoms with E-state index in [0.29, 0.717) is 30.9 Å². The number of carbonyl (C=O) groups is 1. The molecule has 180 valence electrons. The maximum atomic E-state index is 13.4. The Hall–Kier alpha value is -3.38. The van der Waals surface area contributed by atoms with Crippen LogP contribution in [0, 0.1) is 0 Å². The molecule has 3 aromatic rings. The summed E-state index contributed by atoms with van der Waals surface area (Å²) in [5.74, 6) is 0.619. The van der Waals surface area contributed by atoms with Gasteiger partial charge in [0.1, 0.15) is 23.7 Å². The van der Waals surface area contributed by atoms with Crippen molar-refractivity contribution in [2.75, 3.05) is 13.7 Å². The number of rotatable bonds is 4. The van der Waals surface area contributed by atoms with Crippen LogP contribution in [-0.4, -0.2) is 46.9 Å². The Labute approximate surface area is 205 Å². The van der Waals surface area contributed by atoms with E-state index in [4.69, 9.17) is 9.47 Å². The summed E-state index contributed by atoms with van der Waals surface area (Å²) in [6.07, 6.45) is 5.00. The van der Waals surface area contributed by atoms with Crippen molar-refractivity contribution in [2.45, 2.75) is 55.7 Å². The number of amides is 1. The lowest BCUT2D eigenvalue weighted by atomic mass is 9.74. The Bertz CT molecular complexity index is 1200. The molecule has 0 saturated carbocycles. The van der Waals surface area contributed by atoms with Gasteiger partial charge in [0.25, 0.3) is 0 Å². The van der Waals surface area contributed by atoms with Gasteiger partial charge >= 0.3 is 6.09 Å². The first-order valence-corrected chi connectivity index (χ1v) is 12.4.